The quantitative estimate of drug-likeness (QED) is 0.477. The van der Waals surface area contributed by atoms with Gasteiger partial charge in [-0.25, -0.2) is 0 Å². The van der Waals surface area contributed by atoms with E-state index in [9.17, 15) is 19.7 Å². The number of hydrogen-bond donors (Lipinski definition) is 1. The van der Waals surface area contributed by atoms with E-state index in [0.717, 1.165) is 12.0 Å². The van der Waals surface area contributed by atoms with E-state index in [2.05, 4.69) is 5.32 Å². The minimum Gasteiger partial charge on any atom is -0.352 e. The van der Waals surface area contributed by atoms with Crippen molar-refractivity contribution in [2.24, 2.45) is 0 Å². The van der Waals surface area contributed by atoms with Gasteiger partial charge in [0.1, 0.15) is 6.04 Å². The molecule has 7 nitrogen and oxygen atoms in total. The predicted octanol–water partition coefficient (Wildman–Crippen LogP) is 4.12. The lowest BCUT2D eigenvalue weighted by molar-refractivity contribution is -0.385. The number of para-hydroxylation sites is 1. The Morgan fingerprint density at radius 3 is 2.50 bits per heavy atom. The standard InChI is InChI=1S/C22H26ClN3O4/c1-4-15(2)24-22(28)16(3)25(14-17-8-7-10-19(23)12-17)21(27)13-18-9-5-6-11-20(18)26(29)30/h5-12,15-16H,4,13-14H2,1-3H3,(H,24,28)/t15-,16+/m1/s1. The lowest BCUT2D eigenvalue weighted by Gasteiger charge is -2.29. The molecule has 2 rings (SSSR count). The number of rotatable bonds is 9. The first-order chi connectivity index (χ1) is 14.2. The van der Waals surface area contributed by atoms with Gasteiger partial charge in [0.05, 0.1) is 11.3 Å². The summed E-state index contributed by atoms with van der Waals surface area (Å²) in [5, 5.41) is 14.7. The van der Waals surface area contributed by atoms with Gasteiger partial charge >= 0.3 is 0 Å². The zero-order valence-corrected chi connectivity index (χ0v) is 18.1. The van der Waals surface area contributed by atoms with Gasteiger partial charge in [0.2, 0.25) is 11.8 Å². The average molecular weight is 432 g/mol. The largest absolute Gasteiger partial charge is 0.352 e. The van der Waals surface area contributed by atoms with Crippen molar-refractivity contribution in [3.05, 3.63) is 74.8 Å². The molecule has 0 heterocycles. The lowest BCUT2D eigenvalue weighted by Crippen LogP contribution is -2.49. The fourth-order valence-corrected chi connectivity index (χ4v) is 3.20. The maximum atomic E-state index is 13.2. The van der Waals surface area contributed by atoms with Gasteiger partial charge in [-0.15, -0.1) is 0 Å². The molecule has 0 radical (unpaired) electrons. The van der Waals surface area contributed by atoms with Crippen molar-refractivity contribution in [3.8, 4) is 0 Å². The number of hydrogen-bond acceptors (Lipinski definition) is 4. The summed E-state index contributed by atoms with van der Waals surface area (Å²) in [5.74, 6) is -0.654. The van der Waals surface area contributed by atoms with Crippen LogP contribution in [0.1, 0.15) is 38.3 Å². The molecule has 8 heteroatoms. The van der Waals surface area contributed by atoms with Gasteiger partial charge in [-0.3, -0.25) is 19.7 Å². The first-order valence-electron chi connectivity index (χ1n) is 9.79. The maximum Gasteiger partial charge on any atom is 0.273 e. The van der Waals surface area contributed by atoms with Crippen molar-refractivity contribution in [2.45, 2.75) is 52.2 Å². The van der Waals surface area contributed by atoms with Crippen molar-refractivity contribution in [3.63, 3.8) is 0 Å². The zero-order valence-electron chi connectivity index (χ0n) is 17.3. The summed E-state index contributed by atoms with van der Waals surface area (Å²) in [5.41, 5.74) is 0.949. The van der Waals surface area contributed by atoms with Crippen LogP contribution in [0.4, 0.5) is 5.69 Å². The fourth-order valence-electron chi connectivity index (χ4n) is 2.98. The molecular formula is C22H26ClN3O4. The van der Waals surface area contributed by atoms with Crippen LogP contribution in [0.2, 0.25) is 5.02 Å². The molecule has 0 spiro atoms. The molecular weight excluding hydrogens is 406 g/mol. The van der Waals surface area contributed by atoms with Gasteiger partial charge in [0.15, 0.2) is 0 Å². The molecule has 0 aliphatic carbocycles. The van der Waals surface area contributed by atoms with Crippen LogP contribution in [0.5, 0.6) is 0 Å². The molecule has 0 aromatic heterocycles. The molecule has 30 heavy (non-hydrogen) atoms. The number of amides is 2. The Bertz CT molecular complexity index is 919. The summed E-state index contributed by atoms with van der Waals surface area (Å²) in [6.07, 6.45) is 0.579. The monoisotopic (exact) mass is 431 g/mol. The summed E-state index contributed by atoms with van der Waals surface area (Å²) in [7, 11) is 0. The van der Waals surface area contributed by atoms with Crippen molar-refractivity contribution in [2.75, 3.05) is 0 Å². The second-order valence-electron chi connectivity index (χ2n) is 7.21. The van der Waals surface area contributed by atoms with Crippen LogP contribution in [0.15, 0.2) is 48.5 Å². The lowest BCUT2D eigenvalue weighted by atomic mass is 10.1. The molecule has 2 aromatic carbocycles. The van der Waals surface area contributed by atoms with Crippen molar-refractivity contribution in [1.29, 1.82) is 0 Å². The topological polar surface area (TPSA) is 92.6 Å². The van der Waals surface area contributed by atoms with Gasteiger partial charge < -0.3 is 10.2 Å². The Balaban J connectivity index is 2.31. The minimum atomic E-state index is -0.756. The number of nitro groups is 1. The SMILES string of the molecule is CC[C@@H](C)NC(=O)[C@H](C)N(Cc1cccc(Cl)c1)C(=O)Cc1ccccc1[N+](=O)[O-]. The van der Waals surface area contributed by atoms with Crippen LogP contribution in [0.3, 0.4) is 0 Å². The molecule has 0 bridgehead atoms. The molecule has 2 aromatic rings. The predicted molar refractivity (Wildman–Crippen MR) is 116 cm³/mol. The highest BCUT2D eigenvalue weighted by Gasteiger charge is 2.28. The number of carbonyl (C=O) groups is 2. The number of benzene rings is 2. The maximum absolute atomic E-state index is 13.2. The van der Waals surface area contributed by atoms with Crippen molar-refractivity contribution in [1.82, 2.24) is 10.2 Å². The molecule has 160 valence electrons. The Morgan fingerprint density at radius 2 is 1.87 bits per heavy atom. The number of halogens is 1. The molecule has 0 aliphatic rings. The van der Waals surface area contributed by atoms with Crippen LogP contribution >= 0.6 is 11.6 Å². The Morgan fingerprint density at radius 1 is 1.17 bits per heavy atom. The van der Waals surface area contributed by atoms with E-state index in [0.29, 0.717) is 10.6 Å². The van der Waals surface area contributed by atoms with Crippen LogP contribution in [-0.4, -0.2) is 33.7 Å². The first kappa shape index (κ1) is 23.3. The highest BCUT2D eigenvalue weighted by Crippen LogP contribution is 2.21. The third-order valence-corrected chi connectivity index (χ3v) is 5.18. The van der Waals surface area contributed by atoms with Gasteiger partial charge in [-0.05, 0) is 38.0 Å². The number of nitrogens with one attached hydrogen (secondary N) is 1. The van der Waals surface area contributed by atoms with E-state index >= 15 is 0 Å². The van der Waals surface area contributed by atoms with E-state index in [1.807, 2.05) is 19.9 Å². The Hall–Kier alpha value is -2.93. The smallest absolute Gasteiger partial charge is 0.273 e. The molecule has 0 saturated carbocycles. The van der Waals surface area contributed by atoms with Gasteiger partial charge in [-0.2, -0.15) is 0 Å². The second-order valence-corrected chi connectivity index (χ2v) is 7.64. The van der Waals surface area contributed by atoms with Gasteiger partial charge in [0.25, 0.3) is 5.69 Å². The fraction of sp³-hybridized carbons (Fsp3) is 0.364. The normalized spacial score (nSPS) is 12.7. The molecule has 2 atom stereocenters. The molecule has 2 amide bonds. The van der Waals surface area contributed by atoms with E-state index in [1.165, 1.54) is 11.0 Å². The molecule has 0 saturated heterocycles. The number of nitro benzene ring substituents is 1. The average Bonchev–Trinajstić information content (AvgIpc) is 2.71. The summed E-state index contributed by atoms with van der Waals surface area (Å²) >= 11 is 6.07. The Labute approximate surface area is 181 Å². The van der Waals surface area contributed by atoms with Gasteiger partial charge in [-0.1, -0.05) is 48.9 Å². The molecule has 0 aliphatic heterocycles. The second kappa shape index (κ2) is 10.7. The summed E-state index contributed by atoms with van der Waals surface area (Å²) < 4.78 is 0. The zero-order chi connectivity index (χ0) is 22.3. The van der Waals surface area contributed by atoms with Crippen molar-refractivity contribution < 1.29 is 14.5 Å². The van der Waals surface area contributed by atoms with E-state index in [1.54, 1.807) is 43.3 Å². The Kier molecular flexibility index (Phi) is 8.35. The molecule has 1 N–H and O–H groups in total. The summed E-state index contributed by atoms with van der Waals surface area (Å²) in [6, 6.07) is 12.4. The van der Waals surface area contributed by atoms with Crippen LogP contribution in [0.25, 0.3) is 0 Å². The molecule has 0 unspecified atom stereocenters. The van der Waals surface area contributed by atoms with Gasteiger partial charge in [0, 0.05) is 29.2 Å². The van der Waals surface area contributed by atoms with Crippen LogP contribution in [-0.2, 0) is 22.6 Å². The molecule has 0 fully saturated rings. The van der Waals surface area contributed by atoms with Crippen molar-refractivity contribution >= 4 is 29.1 Å². The van der Waals surface area contributed by atoms with E-state index in [-0.39, 0.29) is 36.5 Å². The van der Waals surface area contributed by atoms with Crippen LogP contribution < -0.4 is 5.32 Å². The summed E-state index contributed by atoms with van der Waals surface area (Å²) in [4.78, 5) is 38.1. The van der Waals surface area contributed by atoms with E-state index in [4.69, 9.17) is 11.6 Å². The highest BCUT2D eigenvalue weighted by atomic mass is 35.5. The third kappa shape index (κ3) is 6.29. The number of nitrogens with zero attached hydrogens (tertiary/aromatic N) is 2. The van der Waals surface area contributed by atoms with E-state index < -0.39 is 11.0 Å². The summed E-state index contributed by atoms with van der Waals surface area (Å²) in [6.45, 7) is 5.66. The van der Waals surface area contributed by atoms with Crippen LogP contribution in [0, 0.1) is 10.1 Å². The first-order valence-corrected chi connectivity index (χ1v) is 10.2. The minimum absolute atomic E-state index is 0.0294. The number of carbonyl (C=O) groups excluding carboxylic acids is 2. The third-order valence-electron chi connectivity index (χ3n) is 4.94. The highest BCUT2D eigenvalue weighted by molar-refractivity contribution is 6.30.